The highest BCUT2D eigenvalue weighted by Gasteiger charge is 2.13. The van der Waals surface area contributed by atoms with E-state index in [-0.39, 0.29) is 0 Å². The summed E-state index contributed by atoms with van der Waals surface area (Å²) in [5.41, 5.74) is 2.18. The molecule has 1 aromatic heterocycles. The average molecular weight is 243 g/mol. The number of rotatable bonds is 2. The number of fused-ring (bicyclic) bond motifs is 1. The second-order valence-corrected chi connectivity index (χ2v) is 4.19. The van der Waals surface area contributed by atoms with E-state index >= 15 is 0 Å². The largest absolute Gasteiger partial charge is 0.378 e. The first-order valence-corrected chi connectivity index (χ1v) is 5.91. The van der Waals surface area contributed by atoms with Crippen molar-refractivity contribution in [3.8, 4) is 0 Å². The van der Waals surface area contributed by atoms with Gasteiger partial charge in [0.25, 0.3) is 0 Å². The molecule has 1 aliphatic heterocycles. The van der Waals surface area contributed by atoms with Gasteiger partial charge in [-0.2, -0.15) is 0 Å². The molecular weight excluding hydrogens is 230 g/mol. The Bertz CT molecular complexity index is 579. The molecular formula is C13H13N3O2. The molecule has 3 rings (SSSR count). The van der Waals surface area contributed by atoms with Crippen LogP contribution >= 0.6 is 0 Å². The first kappa shape index (κ1) is 11.1. The van der Waals surface area contributed by atoms with Gasteiger partial charge in [0.15, 0.2) is 0 Å². The molecule has 0 spiro atoms. The number of morpholine rings is 1. The Balaban J connectivity index is 2.00. The van der Waals surface area contributed by atoms with E-state index in [9.17, 15) is 4.79 Å². The molecule has 5 nitrogen and oxygen atoms in total. The predicted molar refractivity (Wildman–Crippen MR) is 68.0 cm³/mol. The zero-order valence-electron chi connectivity index (χ0n) is 9.87. The van der Waals surface area contributed by atoms with Gasteiger partial charge in [-0.3, -0.25) is 9.78 Å². The zero-order valence-corrected chi connectivity index (χ0v) is 9.87. The van der Waals surface area contributed by atoms with Crippen LogP contribution < -0.4 is 4.90 Å². The van der Waals surface area contributed by atoms with Gasteiger partial charge in [0.1, 0.15) is 12.1 Å². The summed E-state index contributed by atoms with van der Waals surface area (Å²) in [5.74, 6) is 0.842. The van der Waals surface area contributed by atoms with Crippen molar-refractivity contribution in [2.75, 3.05) is 31.2 Å². The molecule has 0 saturated carbocycles. The molecule has 0 amide bonds. The third-order valence-corrected chi connectivity index (χ3v) is 3.02. The monoisotopic (exact) mass is 243 g/mol. The first-order valence-electron chi connectivity index (χ1n) is 5.91. The normalized spacial score (nSPS) is 15.9. The summed E-state index contributed by atoms with van der Waals surface area (Å²) in [5, 5.41) is 0. The van der Waals surface area contributed by atoms with Crippen LogP contribution in [-0.4, -0.2) is 42.6 Å². The maximum absolute atomic E-state index is 10.8. The van der Waals surface area contributed by atoms with Gasteiger partial charge in [-0.1, -0.05) is 0 Å². The highest BCUT2D eigenvalue weighted by atomic mass is 16.5. The molecule has 1 fully saturated rings. The van der Waals surface area contributed by atoms with Gasteiger partial charge in [-0.25, -0.2) is 4.98 Å². The molecule has 0 N–H and O–H groups in total. The minimum atomic E-state index is 0.621. The number of carbonyl (C=O) groups is 1. The van der Waals surface area contributed by atoms with Crippen molar-refractivity contribution in [3.63, 3.8) is 0 Å². The van der Waals surface area contributed by atoms with E-state index in [0.29, 0.717) is 18.8 Å². The fourth-order valence-electron chi connectivity index (χ4n) is 2.04. The maximum Gasteiger partial charge on any atom is 0.150 e. The van der Waals surface area contributed by atoms with Crippen molar-refractivity contribution >= 4 is 23.1 Å². The van der Waals surface area contributed by atoms with E-state index in [1.54, 1.807) is 18.3 Å². The van der Waals surface area contributed by atoms with Crippen LogP contribution in [0.3, 0.4) is 0 Å². The lowest BCUT2D eigenvalue weighted by atomic mass is 10.2. The summed E-state index contributed by atoms with van der Waals surface area (Å²) in [6.45, 7) is 3.09. The first-order chi connectivity index (χ1) is 8.86. The lowest BCUT2D eigenvalue weighted by molar-refractivity contribution is 0.112. The van der Waals surface area contributed by atoms with Gasteiger partial charge < -0.3 is 9.64 Å². The Labute approximate surface area is 104 Å². The van der Waals surface area contributed by atoms with E-state index in [2.05, 4.69) is 14.9 Å². The van der Waals surface area contributed by atoms with Gasteiger partial charge in [0.2, 0.25) is 0 Å². The molecule has 18 heavy (non-hydrogen) atoms. The molecule has 5 heteroatoms. The fourth-order valence-corrected chi connectivity index (χ4v) is 2.04. The third-order valence-electron chi connectivity index (χ3n) is 3.02. The number of ether oxygens (including phenoxy) is 1. The lowest BCUT2D eigenvalue weighted by Gasteiger charge is -2.27. The van der Waals surface area contributed by atoms with E-state index in [1.807, 2.05) is 6.07 Å². The van der Waals surface area contributed by atoms with Crippen molar-refractivity contribution in [1.29, 1.82) is 0 Å². The number of aromatic nitrogens is 2. The molecule has 1 saturated heterocycles. The van der Waals surface area contributed by atoms with Crippen molar-refractivity contribution in [3.05, 3.63) is 30.0 Å². The van der Waals surface area contributed by atoms with Gasteiger partial charge in [0.05, 0.1) is 30.4 Å². The standard InChI is InChI=1S/C13H13N3O2/c17-9-10-1-2-11-12(7-10)15-13(8-14-11)16-3-5-18-6-4-16/h1-2,7-9H,3-6H2. The summed E-state index contributed by atoms with van der Waals surface area (Å²) in [6, 6.07) is 5.33. The topological polar surface area (TPSA) is 55.3 Å². The molecule has 0 atom stereocenters. The molecule has 1 aliphatic rings. The van der Waals surface area contributed by atoms with Gasteiger partial charge in [0, 0.05) is 18.7 Å². The molecule has 92 valence electrons. The average Bonchev–Trinajstić information content (AvgIpc) is 2.47. The second-order valence-electron chi connectivity index (χ2n) is 4.19. The third kappa shape index (κ3) is 2.04. The number of hydrogen-bond donors (Lipinski definition) is 0. The Kier molecular flexibility index (Phi) is 2.90. The number of benzene rings is 1. The van der Waals surface area contributed by atoms with Crippen LogP contribution in [0, 0.1) is 0 Å². The molecule has 0 bridgehead atoms. The van der Waals surface area contributed by atoms with E-state index in [0.717, 1.165) is 36.2 Å². The smallest absolute Gasteiger partial charge is 0.150 e. The SMILES string of the molecule is O=Cc1ccc2ncc(N3CCOCC3)nc2c1. The summed E-state index contributed by atoms with van der Waals surface area (Å²) in [6.07, 6.45) is 2.59. The summed E-state index contributed by atoms with van der Waals surface area (Å²) >= 11 is 0. The van der Waals surface area contributed by atoms with Crippen molar-refractivity contribution < 1.29 is 9.53 Å². The number of hydrogen-bond acceptors (Lipinski definition) is 5. The van der Waals surface area contributed by atoms with Crippen LogP contribution in [0.2, 0.25) is 0 Å². The second kappa shape index (κ2) is 4.70. The van der Waals surface area contributed by atoms with E-state index < -0.39 is 0 Å². The summed E-state index contributed by atoms with van der Waals surface area (Å²) in [4.78, 5) is 21.8. The van der Waals surface area contributed by atoms with Gasteiger partial charge in [-0.15, -0.1) is 0 Å². The molecule has 0 unspecified atom stereocenters. The van der Waals surface area contributed by atoms with Gasteiger partial charge >= 0.3 is 0 Å². The van der Waals surface area contributed by atoms with Crippen LogP contribution in [0.25, 0.3) is 11.0 Å². The highest BCUT2D eigenvalue weighted by molar-refractivity contribution is 5.84. The molecule has 0 radical (unpaired) electrons. The molecule has 2 aromatic rings. The van der Waals surface area contributed by atoms with Crippen LogP contribution in [0.1, 0.15) is 10.4 Å². The highest BCUT2D eigenvalue weighted by Crippen LogP contribution is 2.17. The molecule has 1 aromatic carbocycles. The minimum Gasteiger partial charge on any atom is -0.378 e. The fraction of sp³-hybridized carbons (Fsp3) is 0.308. The number of anilines is 1. The number of nitrogens with zero attached hydrogens (tertiary/aromatic N) is 3. The minimum absolute atomic E-state index is 0.621. The van der Waals surface area contributed by atoms with Crippen LogP contribution in [-0.2, 0) is 4.74 Å². The van der Waals surface area contributed by atoms with Gasteiger partial charge in [-0.05, 0) is 18.2 Å². The molecule has 0 aliphatic carbocycles. The molecule has 2 heterocycles. The van der Waals surface area contributed by atoms with E-state index in [4.69, 9.17) is 4.74 Å². The number of carbonyl (C=O) groups excluding carboxylic acids is 1. The lowest BCUT2D eigenvalue weighted by Crippen LogP contribution is -2.36. The van der Waals surface area contributed by atoms with Crippen LogP contribution in [0.5, 0.6) is 0 Å². The Hall–Kier alpha value is -2.01. The summed E-state index contributed by atoms with van der Waals surface area (Å²) < 4.78 is 5.31. The van der Waals surface area contributed by atoms with Crippen molar-refractivity contribution in [1.82, 2.24) is 9.97 Å². The predicted octanol–water partition coefficient (Wildman–Crippen LogP) is 1.28. The van der Waals surface area contributed by atoms with E-state index in [1.165, 1.54) is 0 Å². The summed E-state index contributed by atoms with van der Waals surface area (Å²) in [7, 11) is 0. The maximum atomic E-state index is 10.8. The van der Waals surface area contributed by atoms with Crippen molar-refractivity contribution in [2.24, 2.45) is 0 Å². The quantitative estimate of drug-likeness (QED) is 0.744. The van der Waals surface area contributed by atoms with Crippen LogP contribution in [0.15, 0.2) is 24.4 Å². The van der Waals surface area contributed by atoms with Crippen LogP contribution in [0.4, 0.5) is 5.82 Å². The Morgan fingerprint density at radius 3 is 2.83 bits per heavy atom. The Morgan fingerprint density at radius 2 is 2.06 bits per heavy atom. The van der Waals surface area contributed by atoms with Crippen molar-refractivity contribution in [2.45, 2.75) is 0 Å². The number of aldehydes is 1. The zero-order chi connectivity index (χ0) is 12.4. The Morgan fingerprint density at radius 1 is 1.22 bits per heavy atom.